The first kappa shape index (κ1) is 10.8. The molecule has 1 fully saturated rings. The summed E-state index contributed by atoms with van der Waals surface area (Å²) in [6, 6.07) is 8.55. The Morgan fingerprint density at radius 2 is 1.67 bits per heavy atom. The maximum absolute atomic E-state index is 5.85. The number of nitrogens with zero attached hydrogens (tertiary/aromatic N) is 1. The number of benzene rings is 1. The molecular weight excluding hydrogens is 208 g/mol. The van der Waals surface area contributed by atoms with Crippen molar-refractivity contribution < 1.29 is 0 Å². The Labute approximate surface area is 95.8 Å². The van der Waals surface area contributed by atoms with E-state index < -0.39 is 0 Å². The topological polar surface area (TPSA) is 40.1 Å². The molecule has 81 valence electrons. The summed E-state index contributed by atoms with van der Waals surface area (Å²) in [6.07, 6.45) is 4.43. The van der Waals surface area contributed by atoms with Crippen molar-refractivity contribution in [2.75, 3.05) is 0 Å². The fourth-order valence-electron chi connectivity index (χ4n) is 1.97. The zero-order valence-corrected chi connectivity index (χ0v) is 9.45. The van der Waals surface area contributed by atoms with Gasteiger partial charge in [0.25, 0.3) is 0 Å². The van der Waals surface area contributed by atoms with Gasteiger partial charge in [0.05, 0.1) is 11.7 Å². The molecule has 0 heterocycles. The minimum absolute atomic E-state index is 0.390. The van der Waals surface area contributed by atoms with Crippen LogP contribution in [0.4, 0.5) is 5.69 Å². The molecule has 2 nitrogen and oxygen atoms in total. The highest BCUT2D eigenvalue weighted by Crippen LogP contribution is 2.22. The fourth-order valence-corrected chi connectivity index (χ4v) is 2.09. The Balaban J connectivity index is 1.89. The molecule has 1 aliphatic rings. The molecule has 0 unspecified atom stereocenters. The summed E-state index contributed by atoms with van der Waals surface area (Å²) in [5, 5.41) is 5.44. The van der Waals surface area contributed by atoms with Crippen LogP contribution >= 0.6 is 11.6 Å². The zero-order valence-electron chi connectivity index (χ0n) is 8.70. The minimum Gasteiger partial charge on any atom is -0.328 e. The van der Waals surface area contributed by atoms with Crippen LogP contribution < -0.4 is 11.1 Å². The molecular formula is C12H16ClN2. The Bertz CT molecular complexity index is 302. The predicted octanol–water partition coefficient (Wildman–Crippen LogP) is 2.85. The number of hydrogen-bond donors (Lipinski definition) is 1. The second-order valence-corrected chi connectivity index (χ2v) is 4.61. The first-order valence-corrected chi connectivity index (χ1v) is 5.84. The Hall–Kier alpha value is -0.730. The van der Waals surface area contributed by atoms with Gasteiger partial charge in [-0.2, -0.15) is 0 Å². The summed E-state index contributed by atoms with van der Waals surface area (Å²) in [5.41, 5.74) is 6.88. The number of rotatable bonds is 2. The second-order valence-electron chi connectivity index (χ2n) is 4.17. The van der Waals surface area contributed by atoms with E-state index in [9.17, 15) is 0 Å². The third kappa shape index (κ3) is 3.11. The highest BCUT2D eigenvalue weighted by atomic mass is 35.5. The zero-order chi connectivity index (χ0) is 10.7. The molecule has 0 amide bonds. The van der Waals surface area contributed by atoms with Gasteiger partial charge in [-0.3, -0.25) is 5.32 Å². The van der Waals surface area contributed by atoms with Crippen LogP contribution in [0, 0.1) is 0 Å². The molecule has 0 aliphatic heterocycles. The lowest BCUT2D eigenvalue weighted by atomic mass is 9.92. The van der Waals surface area contributed by atoms with Crippen LogP contribution in [0.3, 0.4) is 0 Å². The lowest BCUT2D eigenvalue weighted by Crippen LogP contribution is -2.32. The molecule has 1 aromatic carbocycles. The fraction of sp³-hybridized carbons (Fsp3) is 0.500. The largest absolute Gasteiger partial charge is 0.328 e. The molecule has 1 radical (unpaired) electrons. The maximum atomic E-state index is 5.85. The van der Waals surface area contributed by atoms with Gasteiger partial charge in [0, 0.05) is 11.1 Å². The van der Waals surface area contributed by atoms with Crippen molar-refractivity contribution in [3.63, 3.8) is 0 Å². The third-order valence-electron chi connectivity index (χ3n) is 2.90. The molecule has 1 aromatic rings. The molecule has 0 bridgehead atoms. The second kappa shape index (κ2) is 4.86. The molecule has 0 spiro atoms. The number of hydrogen-bond acceptors (Lipinski definition) is 1. The van der Waals surface area contributed by atoms with Gasteiger partial charge < -0.3 is 5.73 Å². The van der Waals surface area contributed by atoms with E-state index in [2.05, 4.69) is 5.32 Å². The van der Waals surface area contributed by atoms with Crippen LogP contribution in [0.25, 0.3) is 0 Å². The van der Waals surface area contributed by atoms with Gasteiger partial charge in [0.15, 0.2) is 0 Å². The molecule has 2 rings (SSSR count). The van der Waals surface area contributed by atoms with Crippen LogP contribution in [-0.4, -0.2) is 12.1 Å². The van der Waals surface area contributed by atoms with Crippen LogP contribution in [0.1, 0.15) is 25.7 Å². The minimum atomic E-state index is 0.390. The quantitative estimate of drug-likeness (QED) is 0.823. The maximum Gasteiger partial charge on any atom is 0.0578 e. The SMILES string of the molecule is N[C@H]1CC[C@H]([N]c2ccc(Cl)cc2)CC1. The predicted molar refractivity (Wildman–Crippen MR) is 63.5 cm³/mol. The highest BCUT2D eigenvalue weighted by molar-refractivity contribution is 6.30. The van der Waals surface area contributed by atoms with Crippen molar-refractivity contribution in [1.82, 2.24) is 5.32 Å². The first-order chi connectivity index (χ1) is 7.24. The molecule has 0 saturated heterocycles. The summed E-state index contributed by atoms with van der Waals surface area (Å²) in [5.74, 6) is 0. The highest BCUT2D eigenvalue weighted by Gasteiger charge is 2.19. The Morgan fingerprint density at radius 3 is 2.27 bits per heavy atom. The van der Waals surface area contributed by atoms with Crippen LogP contribution in [0.2, 0.25) is 5.02 Å². The molecule has 15 heavy (non-hydrogen) atoms. The van der Waals surface area contributed by atoms with Gasteiger partial charge in [0.2, 0.25) is 0 Å². The van der Waals surface area contributed by atoms with E-state index in [4.69, 9.17) is 17.3 Å². The molecule has 0 atom stereocenters. The normalized spacial score (nSPS) is 26.3. The smallest absolute Gasteiger partial charge is 0.0578 e. The van der Waals surface area contributed by atoms with Crippen LogP contribution in [0.15, 0.2) is 24.3 Å². The Kier molecular flexibility index (Phi) is 3.49. The van der Waals surface area contributed by atoms with Gasteiger partial charge >= 0.3 is 0 Å². The van der Waals surface area contributed by atoms with E-state index in [0.29, 0.717) is 12.1 Å². The van der Waals surface area contributed by atoms with Crippen molar-refractivity contribution in [2.24, 2.45) is 5.73 Å². The van der Waals surface area contributed by atoms with Gasteiger partial charge in [-0.15, -0.1) is 0 Å². The lowest BCUT2D eigenvalue weighted by Gasteiger charge is -2.25. The van der Waals surface area contributed by atoms with E-state index in [1.165, 1.54) is 0 Å². The van der Waals surface area contributed by atoms with Gasteiger partial charge in [-0.1, -0.05) is 11.6 Å². The summed E-state index contributed by atoms with van der Waals surface area (Å²) >= 11 is 5.82. The van der Waals surface area contributed by atoms with Crippen molar-refractivity contribution >= 4 is 17.3 Å². The van der Waals surface area contributed by atoms with Crippen LogP contribution in [0.5, 0.6) is 0 Å². The van der Waals surface area contributed by atoms with Crippen LogP contribution in [-0.2, 0) is 0 Å². The number of halogens is 1. The van der Waals surface area contributed by atoms with Gasteiger partial charge in [0.1, 0.15) is 0 Å². The molecule has 1 aliphatic carbocycles. The molecule has 2 N–H and O–H groups in total. The molecule has 3 heteroatoms. The van der Waals surface area contributed by atoms with E-state index in [0.717, 1.165) is 36.4 Å². The van der Waals surface area contributed by atoms with Crippen molar-refractivity contribution in [3.8, 4) is 0 Å². The summed E-state index contributed by atoms with van der Waals surface area (Å²) < 4.78 is 0. The van der Waals surface area contributed by atoms with E-state index >= 15 is 0 Å². The number of nitrogens with two attached hydrogens (primary N) is 1. The van der Waals surface area contributed by atoms with E-state index in [1.807, 2.05) is 24.3 Å². The summed E-state index contributed by atoms with van der Waals surface area (Å²) in [6.45, 7) is 0. The third-order valence-corrected chi connectivity index (χ3v) is 3.15. The van der Waals surface area contributed by atoms with Crippen molar-refractivity contribution in [3.05, 3.63) is 29.3 Å². The standard InChI is InChI=1S/C12H16ClN2/c13-9-1-5-11(6-2-9)15-12-7-3-10(14)4-8-12/h1-2,5-6,10,12H,3-4,7-8,14H2/t10-,12-. The lowest BCUT2D eigenvalue weighted by molar-refractivity contribution is 0.365. The Morgan fingerprint density at radius 1 is 1.07 bits per heavy atom. The van der Waals surface area contributed by atoms with Crippen molar-refractivity contribution in [1.29, 1.82) is 0 Å². The van der Waals surface area contributed by atoms with Gasteiger partial charge in [-0.25, -0.2) is 0 Å². The van der Waals surface area contributed by atoms with Crippen molar-refractivity contribution in [2.45, 2.75) is 37.8 Å². The van der Waals surface area contributed by atoms with E-state index in [1.54, 1.807) is 0 Å². The summed E-state index contributed by atoms with van der Waals surface area (Å²) in [4.78, 5) is 0. The molecule has 0 aromatic heterocycles. The average Bonchev–Trinajstić information content (AvgIpc) is 2.25. The average molecular weight is 224 g/mol. The monoisotopic (exact) mass is 223 g/mol. The summed E-state index contributed by atoms with van der Waals surface area (Å²) in [7, 11) is 0. The van der Waals surface area contributed by atoms with E-state index in [-0.39, 0.29) is 0 Å². The first-order valence-electron chi connectivity index (χ1n) is 5.46. The van der Waals surface area contributed by atoms with Gasteiger partial charge in [-0.05, 0) is 49.9 Å². The molecule has 1 saturated carbocycles.